The normalized spacial score (nSPS) is 47.2. The molecule has 2 rings (SSSR count). The smallest absolute Gasteiger partial charge is 0.135 e. The third kappa shape index (κ3) is 1.90. The SMILES string of the molecule is [CH2-]C12CCCN1CC(F)(P)C2.[U]. The minimum atomic E-state index is -1.07. The predicted molar refractivity (Wildman–Crippen MR) is 47.1 cm³/mol. The van der Waals surface area contributed by atoms with Crippen molar-refractivity contribution in [1.82, 2.24) is 4.90 Å². The van der Waals surface area contributed by atoms with Gasteiger partial charge in [0.15, 0.2) is 0 Å². The number of alkyl halides is 1. The Kier molecular flexibility index (Phi) is 3.34. The molecule has 2 aliphatic heterocycles. The van der Waals surface area contributed by atoms with Crippen LogP contribution in [0.1, 0.15) is 19.3 Å². The Morgan fingerprint density at radius 1 is 1.50 bits per heavy atom. The van der Waals surface area contributed by atoms with Crippen LogP contribution in [0.2, 0.25) is 0 Å². The van der Waals surface area contributed by atoms with Gasteiger partial charge in [-0.3, -0.25) is 0 Å². The van der Waals surface area contributed by atoms with Crippen LogP contribution in [0.3, 0.4) is 0 Å². The summed E-state index contributed by atoms with van der Waals surface area (Å²) in [6, 6.07) is 0. The summed E-state index contributed by atoms with van der Waals surface area (Å²) in [6.07, 6.45) is 2.84. The van der Waals surface area contributed by atoms with E-state index in [4.69, 9.17) is 0 Å². The van der Waals surface area contributed by atoms with Gasteiger partial charge in [-0.25, -0.2) is 4.39 Å². The fourth-order valence-corrected chi connectivity index (χ4v) is 2.96. The molecule has 2 saturated heterocycles. The van der Waals surface area contributed by atoms with Crippen LogP contribution in [-0.2, 0) is 0 Å². The summed E-state index contributed by atoms with van der Waals surface area (Å²) in [4.78, 5) is 2.18. The molecule has 0 amide bonds. The second kappa shape index (κ2) is 3.50. The van der Waals surface area contributed by atoms with Crippen molar-refractivity contribution in [1.29, 1.82) is 0 Å². The quantitative estimate of drug-likeness (QED) is 0.432. The van der Waals surface area contributed by atoms with Crippen LogP contribution in [0.25, 0.3) is 0 Å². The van der Waals surface area contributed by atoms with Gasteiger partial charge in [-0.1, -0.05) is 15.7 Å². The van der Waals surface area contributed by atoms with E-state index in [1.807, 2.05) is 0 Å². The van der Waals surface area contributed by atoms with Gasteiger partial charge < -0.3 is 11.8 Å². The van der Waals surface area contributed by atoms with Crippen molar-refractivity contribution < 1.29 is 35.5 Å². The molecule has 0 N–H and O–H groups in total. The molecule has 0 radical (unpaired) electrons. The summed E-state index contributed by atoms with van der Waals surface area (Å²) in [5.41, 5.74) is -0.0729. The molecular weight excluding hydrogens is 398 g/mol. The molecule has 0 saturated carbocycles. The predicted octanol–water partition coefficient (Wildman–Crippen LogP) is 1.60. The van der Waals surface area contributed by atoms with Gasteiger partial charge >= 0.3 is 0 Å². The molecule has 0 aromatic carbocycles. The first-order valence-corrected chi connectivity index (χ1v) is 4.68. The van der Waals surface area contributed by atoms with E-state index < -0.39 is 5.41 Å². The van der Waals surface area contributed by atoms with Crippen molar-refractivity contribution in [2.75, 3.05) is 13.1 Å². The maximum absolute atomic E-state index is 13.5. The van der Waals surface area contributed by atoms with Gasteiger partial charge in [0, 0.05) is 37.7 Å². The van der Waals surface area contributed by atoms with Crippen LogP contribution in [0.5, 0.6) is 0 Å². The van der Waals surface area contributed by atoms with Crippen LogP contribution in [0.15, 0.2) is 0 Å². The molecule has 4 heteroatoms. The molecule has 68 valence electrons. The maximum atomic E-state index is 13.5. The van der Waals surface area contributed by atoms with Crippen LogP contribution in [-0.4, -0.2) is 28.9 Å². The van der Waals surface area contributed by atoms with Crippen molar-refractivity contribution in [3.63, 3.8) is 0 Å². The first-order valence-electron chi connectivity index (χ1n) is 4.10. The molecule has 3 unspecified atom stereocenters. The van der Waals surface area contributed by atoms with Gasteiger partial charge in [-0.2, -0.15) is 0 Å². The number of halogens is 1. The second-order valence-electron chi connectivity index (χ2n) is 3.96. The first kappa shape index (κ1) is 11.4. The number of nitrogens with zero attached hydrogens (tertiary/aromatic N) is 1. The van der Waals surface area contributed by atoms with Crippen molar-refractivity contribution in [2.45, 2.75) is 30.2 Å². The zero-order chi connectivity index (χ0) is 8.11. The van der Waals surface area contributed by atoms with Crippen LogP contribution < -0.4 is 0 Å². The van der Waals surface area contributed by atoms with E-state index in [-0.39, 0.29) is 36.7 Å². The van der Waals surface area contributed by atoms with E-state index >= 15 is 0 Å². The number of fused-ring (bicyclic) bond motifs is 1. The van der Waals surface area contributed by atoms with Gasteiger partial charge in [0.1, 0.15) is 5.41 Å². The molecule has 0 aromatic heterocycles. The minimum Gasteiger partial charge on any atom is -0.323 e. The first-order chi connectivity index (χ1) is 5.02. The molecule has 2 aliphatic rings. The molecule has 12 heavy (non-hydrogen) atoms. The average Bonchev–Trinajstić information content (AvgIpc) is 2.16. The Morgan fingerprint density at radius 3 is 2.75 bits per heavy atom. The van der Waals surface area contributed by atoms with Crippen LogP contribution >= 0.6 is 9.24 Å². The summed E-state index contributed by atoms with van der Waals surface area (Å²) in [7, 11) is 2.31. The summed E-state index contributed by atoms with van der Waals surface area (Å²) in [5, 5.41) is -1.07. The van der Waals surface area contributed by atoms with Crippen LogP contribution in [0.4, 0.5) is 4.39 Å². The second-order valence-corrected chi connectivity index (χ2v) is 5.00. The molecule has 3 atom stereocenters. The van der Waals surface area contributed by atoms with Crippen molar-refractivity contribution in [3.8, 4) is 0 Å². The Bertz CT molecular complexity index is 188. The molecule has 0 spiro atoms. The standard InChI is InChI=1S/C8H14FNP.U/c1-7-3-2-4-10(7)6-8(9,11)5-7;/h1-6,11H2;/q-1;. The Hall–Kier alpha value is 1.37. The average molecular weight is 412 g/mol. The third-order valence-corrected chi connectivity index (χ3v) is 3.20. The van der Waals surface area contributed by atoms with E-state index in [2.05, 4.69) is 21.1 Å². The zero-order valence-corrected chi connectivity index (χ0v) is 12.5. The van der Waals surface area contributed by atoms with E-state index in [1.54, 1.807) is 0 Å². The molecule has 0 aromatic rings. The van der Waals surface area contributed by atoms with Crippen molar-refractivity contribution in [2.24, 2.45) is 0 Å². The molecule has 0 aliphatic carbocycles. The van der Waals surface area contributed by atoms with Crippen LogP contribution in [0, 0.1) is 38.0 Å². The maximum Gasteiger partial charge on any atom is 0.135 e. The van der Waals surface area contributed by atoms with Gasteiger partial charge in [0.25, 0.3) is 0 Å². The molecule has 1 nitrogen and oxygen atoms in total. The van der Waals surface area contributed by atoms with Gasteiger partial charge in [-0.15, -0.1) is 5.54 Å². The molecule has 0 bridgehead atoms. The zero-order valence-electron chi connectivity index (χ0n) is 7.15. The largest absolute Gasteiger partial charge is 0.323 e. The van der Waals surface area contributed by atoms with Gasteiger partial charge in [0.2, 0.25) is 0 Å². The summed E-state index contributed by atoms with van der Waals surface area (Å²) < 4.78 is 13.5. The number of hydrogen-bond donors (Lipinski definition) is 0. The van der Waals surface area contributed by atoms with Gasteiger partial charge in [0.05, 0.1) is 0 Å². The van der Waals surface area contributed by atoms with E-state index in [0.717, 1.165) is 13.0 Å². The molecule has 2 heterocycles. The van der Waals surface area contributed by atoms with E-state index in [9.17, 15) is 4.39 Å². The fourth-order valence-electron chi connectivity index (χ4n) is 2.36. The fraction of sp³-hybridized carbons (Fsp3) is 0.875. The van der Waals surface area contributed by atoms with E-state index in [0.29, 0.717) is 13.0 Å². The molecule has 2 fully saturated rings. The van der Waals surface area contributed by atoms with E-state index in [1.165, 1.54) is 6.42 Å². The summed E-state index contributed by atoms with van der Waals surface area (Å²) >= 11 is 0. The minimum absolute atomic E-state index is 0. The number of hydrogen-bond acceptors (Lipinski definition) is 1. The topological polar surface area (TPSA) is 3.24 Å². The summed E-state index contributed by atoms with van der Waals surface area (Å²) in [6.45, 7) is 5.69. The Balaban J connectivity index is 0.000000720. The Labute approximate surface area is 99.4 Å². The Morgan fingerprint density at radius 2 is 2.17 bits per heavy atom. The molecular formula is C8H14FNPU-. The van der Waals surface area contributed by atoms with Gasteiger partial charge in [-0.05, 0) is 19.4 Å². The van der Waals surface area contributed by atoms with Crippen molar-refractivity contribution in [3.05, 3.63) is 6.92 Å². The monoisotopic (exact) mass is 412 g/mol. The third-order valence-electron chi connectivity index (χ3n) is 2.82. The number of rotatable bonds is 0. The van der Waals surface area contributed by atoms with Crippen molar-refractivity contribution >= 4 is 9.24 Å². The summed E-state index contributed by atoms with van der Waals surface area (Å²) in [5.74, 6) is 0.